The van der Waals surface area contributed by atoms with E-state index in [2.05, 4.69) is 19.9 Å². The van der Waals surface area contributed by atoms with Crippen LogP contribution in [0.2, 0.25) is 0 Å². The van der Waals surface area contributed by atoms with Crippen LogP contribution in [0.1, 0.15) is 47.2 Å². The van der Waals surface area contributed by atoms with Gasteiger partial charge in [-0.1, -0.05) is 0 Å². The molecular weight excluding hydrogens is 442 g/mol. The third-order valence-electron chi connectivity index (χ3n) is 3.95. The first kappa shape index (κ1) is 22.2. The van der Waals surface area contributed by atoms with Gasteiger partial charge < -0.3 is 20.3 Å². The number of rotatable bonds is 6. The average molecular weight is 463 g/mol. The third-order valence-corrected chi connectivity index (χ3v) is 5.50. The van der Waals surface area contributed by atoms with Gasteiger partial charge in [0.1, 0.15) is 11.6 Å². The van der Waals surface area contributed by atoms with Crippen molar-refractivity contribution < 1.29 is 36.4 Å². The number of carbonyl (C=O) groups excluding carboxylic acids is 3. The van der Waals surface area contributed by atoms with E-state index in [1.165, 1.54) is 4.90 Å². The molecule has 1 unspecified atom stereocenters. The van der Waals surface area contributed by atoms with Gasteiger partial charge >= 0.3 is 22.5 Å². The fourth-order valence-corrected chi connectivity index (χ4v) is 4.32. The van der Waals surface area contributed by atoms with Gasteiger partial charge in [-0.15, -0.1) is 15.6 Å². The van der Waals surface area contributed by atoms with Gasteiger partial charge in [-0.25, -0.2) is 14.6 Å². The fraction of sp³-hybridized carbons (Fsp3) is 0.600. The molecule has 2 aliphatic heterocycles. The van der Waals surface area contributed by atoms with Crippen LogP contribution in [0, 0.1) is 0 Å². The van der Waals surface area contributed by atoms with Gasteiger partial charge in [-0.3, -0.25) is 9.35 Å². The minimum absolute atomic E-state index is 0.0833. The van der Waals surface area contributed by atoms with Crippen molar-refractivity contribution in [2.24, 2.45) is 0 Å². The van der Waals surface area contributed by atoms with E-state index in [0.29, 0.717) is 15.6 Å². The molecule has 1 fully saturated rings. The Kier molecular flexibility index (Phi) is 5.90. The highest BCUT2D eigenvalue weighted by molar-refractivity contribution is 7.80. The number of ether oxygens (including phenoxy) is 1. The molecule has 1 atom stereocenters. The van der Waals surface area contributed by atoms with Gasteiger partial charge in [0.15, 0.2) is 5.01 Å². The first-order valence-electron chi connectivity index (χ1n) is 8.84. The highest BCUT2D eigenvalue weighted by Gasteiger charge is 2.48. The minimum Gasteiger partial charge on any atom is -0.444 e. The van der Waals surface area contributed by atoms with Gasteiger partial charge in [0.2, 0.25) is 0 Å². The van der Waals surface area contributed by atoms with Crippen LogP contribution in [-0.4, -0.2) is 71.2 Å². The van der Waals surface area contributed by atoms with Gasteiger partial charge in [0.25, 0.3) is 5.91 Å². The Morgan fingerprint density at radius 2 is 1.97 bits per heavy atom. The minimum atomic E-state index is -4.89. The summed E-state index contributed by atoms with van der Waals surface area (Å²) in [6.45, 7) is 5.71. The Balaban J connectivity index is 1.59. The fourth-order valence-electron chi connectivity index (χ4n) is 2.89. The van der Waals surface area contributed by atoms with Crippen LogP contribution in [0.15, 0.2) is 0 Å². The van der Waals surface area contributed by atoms with Gasteiger partial charge in [-0.05, 0) is 20.8 Å². The maximum atomic E-state index is 12.3. The number of urea groups is 1. The zero-order chi connectivity index (χ0) is 22.3. The molecule has 1 saturated heterocycles. The molecule has 13 nitrogen and oxygen atoms in total. The van der Waals surface area contributed by atoms with Crippen molar-refractivity contribution in [3.05, 3.63) is 15.6 Å². The predicted molar refractivity (Wildman–Crippen MR) is 102 cm³/mol. The predicted octanol–water partition coefficient (Wildman–Crippen LogP) is 0.424. The number of carbonyl (C=O) groups is 3. The van der Waals surface area contributed by atoms with Crippen molar-refractivity contribution in [3.8, 4) is 0 Å². The smallest absolute Gasteiger partial charge is 0.418 e. The second-order valence-electron chi connectivity index (χ2n) is 7.52. The summed E-state index contributed by atoms with van der Waals surface area (Å²) >= 11 is 0.995. The molecule has 2 aliphatic rings. The van der Waals surface area contributed by atoms with E-state index < -0.39 is 40.1 Å². The maximum absolute atomic E-state index is 12.3. The molecule has 1 aromatic rings. The van der Waals surface area contributed by atoms with E-state index in [9.17, 15) is 22.8 Å². The number of hydrogen-bond donors (Lipinski definition) is 3. The number of hydroxylamine groups is 2. The molecule has 3 heterocycles. The summed E-state index contributed by atoms with van der Waals surface area (Å²) < 4.78 is 40.4. The van der Waals surface area contributed by atoms with Crippen LogP contribution < -0.4 is 10.6 Å². The molecule has 3 N–H and O–H groups in total. The lowest BCUT2D eigenvalue weighted by molar-refractivity contribution is -0.0307. The Morgan fingerprint density at radius 3 is 2.60 bits per heavy atom. The summed E-state index contributed by atoms with van der Waals surface area (Å²) in [5.74, 6) is -0.486. The quantitative estimate of drug-likeness (QED) is 0.400. The van der Waals surface area contributed by atoms with Gasteiger partial charge in [0.05, 0.1) is 23.7 Å². The molecule has 4 amide bonds. The number of thiazole rings is 1. The van der Waals surface area contributed by atoms with Crippen LogP contribution in [0.5, 0.6) is 0 Å². The molecule has 0 spiro atoms. The van der Waals surface area contributed by atoms with E-state index in [0.717, 1.165) is 11.3 Å². The van der Waals surface area contributed by atoms with Crippen molar-refractivity contribution in [2.45, 2.75) is 39.0 Å². The van der Waals surface area contributed by atoms with E-state index >= 15 is 0 Å². The Morgan fingerprint density at radius 1 is 1.30 bits per heavy atom. The van der Waals surface area contributed by atoms with E-state index in [4.69, 9.17) is 9.29 Å². The number of nitrogens with zero attached hydrogens (tertiary/aromatic N) is 3. The summed E-state index contributed by atoms with van der Waals surface area (Å²) in [6, 6.07) is -1.53. The average Bonchev–Trinajstić information content (AvgIpc) is 3.12. The lowest BCUT2D eigenvalue weighted by atomic mass is 10.1. The number of alkyl carbamates (subject to hydrolysis) is 1. The van der Waals surface area contributed by atoms with Crippen LogP contribution in [0.4, 0.5) is 9.59 Å². The Labute approximate surface area is 176 Å². The van der Waals surface area contributed by atoms with Crippen LogP contribution >= 0.6 is 11.3 Å². The molecule has 2 bridgehead atoms. The standard InChI is InChI=1S/C15H21N5O8S2/c1-15(2,3)27-13(22)17-5-4-16-11(21)12-18-8-6-19-7-9(10(8)29-12)20(14(19)23)28-30(24,25)26/h9H,4-7H2,1-3H3,(H,16,21)(H,17,22)(H,24,25,26). The van der Waals surface area contributed by atoms with Crippen molar-refractivity contribution >= 4 is 39.8 Å². The summed E-state index contributed by atoms with van der Waals surface area (Å²) in [6.07, 6.45) is -0.602. The van der Waals surface area contributed by atoms with Crippen molar-refractivity contribution in [1.29, 1.82) is 0 Å². The van der Waals surface area contributed by atoms with E-state index in [1.54, 1.807) is 20.8 Å². The first-order chi connectivity index (χ1) is 13.8. The highest BCUT2D eigenvalue weighted by atomic mass is 32.3. The molecular formula is C15H21N5O8S2. The molecule has 0 saturated carbocycles. The Hall–Kier alpha value is -2.49. The van der Waals surface area contributed by atoms with Crippen LogP contribution in [-0.2, 0) is 26.0 Å². The van der Waals surface area contributed by atoms with E-state index in [1.807, 2.05) is 0 Å². The Bertz CT molecular complexity index is 970. The van der Waals surface area contributed by atoms with Gasteiger partial charge in [-0.2, -0.15) is 13.5 Å². The van der Waals surface area contributed by atoms with Crippen molar-refractivity contribution in [3.63, 3.8) is 0 Å². The molecule has 30 heavy (non-hydrogen) atoms. The van der Waals surface area contributed by atoms with Crippen molar-refractivity contribution in [1.82, 2.24) is 25.6 Å². The second-order valence-corrected chi connectivity index (χ2v) is 9.56. The van der Waals surface area contributed by atoms with Crippen molar-refractivity contribution in [2.75, 3.05) is 19.6 Å². The zero-order valence-electron chi connectivity index (χ0n) is 16.4. The lowest BCUT2D eigenvalue weighted by Gasteiger charge is -2.20. The number of nitrogens with one attached hydrogen (secondary N) is 2. The summed E-state index contributed by atoms with van der Waals surface area (Å²) in [5.41, 5.74) is -0.181. The van der Waals surface area contributed by atoms with E-state index in [-0.39, 0.29) is 31.2 Å². The SMILES string of the molecule is CC(C)(C)OC(=O)NCCNC(=O)c1nc2c(s1)C1CN(C2)C(=O)N1OS(=O)(=O)O. The molecule has 1 aromatic heterocycles. The number of amides is 4. The third kappa shape index (κ3) is 5.16. The topological polar surface area (TPSA) is 167 Å². The molecule has 0 aromatic carbocycles. The zero-order valence-corrected chi connectivity index (χ0v) is 18.0. The summed E-state index contributed by atoms with van der Waals surface area (Å²) in [5, 5.41) is 5.79. The van der Waals surface area contributed by atoms with Crippen LogP contribution in [0.25, 0.3) is 0 Å². The molecule has 3 rings (SSSR count). The molecule has 0 aliphatic carbocycles. The number of fused-ring (bicyclic) bond motifs is 4. The molecule has 0 radical (unpaired) electrons. The number of hydrogen-bond acceptors (Lipinski definition) is 9. The number of aromatic nitrogens is 1. The molecule has 15 heteroatoms. The highest BCUT2D eigenvalue weighted by Crippen LogP contribution is 2.41. The first-order valence-corrected chi connectivity index (χ1v) is 11.0. The maximum Gasteiger partial charge on any atom is 0.418 e. The lowest BCUT2D eigenvalue weighted by Crippen LogP contribution is -2.37. The largest absolute Gasteiger partial charge is 0.444 e. The monoisotopic (exact) mass is 463 g/mol. The second kappa shape index (κ2) is 7.98. The summed E-state index contributed by atoms with van der Waals surface area (Å²) in [7, 11) is -4.89. The molecule has 166 valence electrons. The normalized spacial score (nSPS) is 18.3. The summed E-state index contributed by atoms with van der Waals surface area (Å²) in [4.78, 5) is 42.1. The van der Waals surface area contributed by atoms with Crippen LogP contribution in [0.3, 0.4) is 0 Å². The van der Waals surface area contributed by atoms with Gasteiger partial charge in [0, 0.05) is 13.1 Å².